The summed E-state index contributed by atoms with van der Waals surface area (Å²) in [6.07, 6.45) is 1.78. The van der Waals surface area contributed by atoms with Crippen LogP contribution in [-0.4, -0.2) is 0 Å². The highest BCUT2D eigenvalue weighted by Crippen LogP contribution is 2.32. The van der Waals surface area contributed by atoms with Crippen LogP contribution >= 0.6 is 0 Å². The zero-order chi connectivity index (χ0) is 9.26. The van der Waals surface area contributed by atoms with Crippen molar-refractivity contribution in [3.05, 3.63) is 41.6 Å². The molecule has 0 fully saturated rings. The number of hydrogen-bond acceptors (Lipinski definition) is 2. The predicted octanol–water partition coefficient (Wildman–Crippen LogP) is 2.62. The highest BCUT2D eigenvalue weighted by atomic mass is 14.9. The lowest BCUT2D eigenvalue weighted by Gasteiger charge is -2.20. The Morgan fingerprint density at radius 3 is 2.92 bits per heavy atom. The Morgan fingerprint density at radius 1 is 1.38 bits per heavy atom. The summed E-state index contributed by atoms with van der Waals surface area (Å²) in [5.41, 5.74) is 3.09. The third-order valence-electron chi connectivity index (χ3n) is 2.41. The number of para-hydroxylation sites is 1. The summed E-state index contributed by atoms with van der Waals surface area (Å²) >= 11 is 0. The van der Waals surface area contributed by atoms with Crippen molar-refractivity contribution in [1.29, 1.82) is 5.26 Å². The van der Waals surface area contributed by atoms with Gasteiger partial charge in [0.15, 0.2) is 0 Å². The van der Waals surface area contributed by atoms with E-state index in [4.69, 9.17) is 5.26 Å². The van der Waals surface area contributed by atoms with Crippen LogP contribution in [-0.2, 0) is 0 Å². The van der Waals surface area contributed by atoms with E-state index >= 15 is 0 Å². The molecule has 0 saturated heterocycles. The Morgan fingerprint density at radius 2 is 2.15 bits per heavy atom. The molecule has 1 aromatic rings. The van der Waals surface area contributed by atoms with Crippen LogP contribution in [0.2, 0.25) is 0 Å². The maximum absolute atomic E-state index is 8.83. The lowest BCUT2D eigenvalue weighted by atomic mass is 9.90. The molecule has 1 aliphatic heterocycles. The summed E-state index contributed by atoms with van der Waals surface area (Å²) < 4.78 is 0. The highest BCUT2D eigenvalue weighted by molar-refractivity contribution is 5.61. The summed E-state index contributed by atoms with van der Waals surface area (Å²) in [5, 5.41) is 11.9. The lowest BCUT2D eigenvalue weighted by Crippen LogP contribution is -2.08. The minimum atomic E-state index is 0.211. The van der Waals surface area contributed by atoms with Gasteiger partial charge in [-0.1, -0.05) is 25.1 Å². The maximum Gasteiger partial charge on any atom is 0.0968 e. The van der Waals surface area contributed by atoms with E-state index in [0.717, 1.165) is 11.3 Å². The second kappa shape index (κ2) is 2.95. The van der Waals surface area contributed by atoms with Gasteiger partial charge in [0.1, 0.15) is 0 Å². The van der Waals surface area contributed by atoms with E-state index < -0.39 is 0 Å². The molecule has 0 aliphatic carbocycles. The quantitative estimate of drug-likeness (QED) is 0.649. The fourth-order valence-electron chi connectivity index (χ4n) is 1.58. The molecule has 0 spiro atoms. The zero-order valence-electron chi connectivity index (χ0n) is 7.41. The van der Waals surface area contributed by atoms with Crippen molar-refractivity contribution in [3.63, 3.8) is 0 Å². The fourth-order valence-corrected chi connectivity index (χ4v) is 1.58. The van der Waals surface area contributed by atoms with Gasteiger partial charge in [-0.25, -0.2) is 0 Å². The number of rotatable bonds is 0. The molecule has 0 radical (unpaired) electrons. The van der Waals surface area contributed by atoms with Crippen LogP contribution in [0.5, 0.6) is 0 Å². The topological polar surface area (TPSA) is 35.8 Å². The molecule has 2 heteroatoms. The summed E-state index contributed by atoms with van der Waals surface area (Å²) in [7, 11) is 0. The van der Waals surface area contributed by atoms with Crippen LogP contribution in [0.1, 0.15) is 18.4 Å². The standard InChI is InChI=1S/C11H10N2/c1-8-9(6-12)7-13-11-5-3-2-4-10(8)11/h2-5,7-8,13H,1H3. The molecular weight excluding hydrogens is 160 g/mol. The van der Waals surface area contributed by atoms with E-state index in [-0.39, 0.29) is 5.92 Å². The highest BCUT2D eigenvalue weighted by Gasteiger charge is 2.17. The monoisotopic (exact) mass is 170 g/mol. The second-order valence-electron chi connectivity index (χ2n) is 3.16. The van der Waals surface area contributed by atoms with Gasteiger partial charge in [0.25, 0.3) is 0 Å². The molecule has 0 amide bonds. The largest absolute Gasteiger partial charge is 0.360 e. The summed E-state index contributed by atoms with van der Waals surface area (Å²) in [5.74, 6) is 0.211. The first-order valence-electron chi connectivity index (χ1n) is 4.28. The molecule has 1 N–H and O–H groups in total. The maximum atomic E-state index is 8.83. The van der Waals surface area contributed by atoms with Gasteiger partial charge >= 0.3 is 0 Å². The van der Waals surface area contributed by atoms with Crippen LogP contribution in [0.4, 0.5) is 5.69 Å². The van der Waals surface area contributed by atoms with Crippen molar-refractivity contribution in [2.75, 3.05) is 5.32 Å². The molecule has 1 heterocycles. The van der Waals surface area contributed by atoms with Crippen LogP contribution in [0.15, 0.2) is 36.0 Å². The number of benzene rings is 1. The molecule has 1 unspecified atom stereocenters. The van der Waals surface area contributed by atoms with E-state index in [1.165, 1.54) is 5.56 Å². The predicted molar refractivity (Wildman–Crippen MR) is 52.2 cm³/mol. The third kappa shape index (κ3) is 1.19. The summed E-state index contributed by atoms with van der Waals surface area (Å²) in [6.45, 7) is 2.05. The van der Waals surface area contributed by atoms with E-state index in [0.29, 0.717) is 0 Å². The van der Waals surface area contributed by atoms with Crippen LogP contribution in [0.25, 0.3) is 0 Å². The first kappa shape index (κ1) is 7.88. The molecule has 2 nitrogen and oxygen atoms in total. The van der Waals surface area contributed by atoms with Crippen molar-refractivity contribution in [2.24, 2.45) is 0 Å². The van der Waals surface area contributed by atoms with Gasteiger partial charge in [-0.3, -0.25) is 0 Å². The molecular formula is C11H10N2. The van der Waals surface area contributed by atoms with E-state index in [1.807, 2.05) is 18.2 Å². The second-order valence-corrected chi connectivity index (χ2v) is 3.16. The summed E-state index contributed by atoms with van der Waals surface area (Å²) in [6, 6.07) is 10.3. The molecule has 1 aromatic carbocycles. The Kier molecular flexibility index (Phi) is 1.79. The van der Waals surface area contributed by atoms with Crippen molar-refractivity contribution < 1.29 is 0 Å². The van der Waals surface area contributed by atoms with Crippen molar-refractivity contribution in [3.8, 4) is 6.07 Å². The molecule has 0 bridgehead atoms. The van der Waals surface area contributed by atoms with Gasteiger partial charge in [-0.2, -0.15) is 5.26 Å². The average molecular weight is 170 g/mol. The zero-order valence-corrected chi connectivity index (χ0v) is 7.41. The summed E-state index contributed by atoms with van der Waals surface area (Å²) in [4.78, 5) is 0. The van der Waals surface area contributed by atoms with E-state index in [2.05, 4.69) is 24.4 Å². The Bertz CT molecular complexity index is 399. The number of hydrogen-bond donors (Lipinski definition) is 1. The molecule has 13 heavy (non-hydrogen) atoms. The van der Waals surface area contributed by atoms with Gasteiger partial charge in [-0.15, -0.1) is 0 Å². The molecule has 64 valence electrons. The first-order chi connectivity index (χ1) is 6.33. The number of allylic oxidation sites excluding steroid dienone is 1. The third-order valence-corrected chi connectivity index (χ3v) is 2.41. The lowest BCUT2D eigenvalue weighted by molar-refractivity contribution is 0.911. The Hall–Kier alpha value is -1.75. The molecule has 1 atom stereocenters. The number of nitrogens with zero attached hydrogens (tertiary/aromatic N) is 1. The average Bonchev–Trinajstić information content (AvgIpc) is 2.19. The Balaban J connectivity index is 2.48. The van der Waals surface area contributed by atoms with Gasteiger partial charge in [0.05, 0.1) is 11.6 Å². The first-order valence-corrected chi connectivity index (χ1v) is 4.28. The van der Waals surface area contributed by atoms with Gasteiger partial charge in [-0.05, 0) is 11.6 Å². The van der Waals surface area contributed by atoms with Crippen LogP contribution in [0, 0.1) is 11.3 Å². The molecule has 0 saturated carbocycles. The number of anilines is 1. The molecule has 0 aromatic heterocycles. The normalized spacial score (nSPS) is 19.4. The van der Waals surface area contributed by atoms with Gasteiger partial charge < -0.3 is 5.32 Å². The number of nitriles is 1. The van der Waals surface area contributed by atoms with Crippen molar-refractivity contribution >= 4 is 5.69 Å². The number of nitrogens with one attached hydrogen (secondary N) is 1. The smallest absolute Gasteiger partial charge is 0.0968 e. The Labute approximate surface area is 77.5 Å². The van der Waals surface area contributed by atoms with Crippen molar-refractivity contribution in [2.45, 2.75) is 12.8 Å². The van der Waals surface area contributed by atoms with Crippen LogP contribution < -0.4 is 5.32 Å². The fraction of sp³-hybridized carbons (Fsp3) is 0.182. The van der Waals surface area contributed by atoms with Crippen LogP contribution in [0.3, 0.4) is 0 Å². The minimum absolute atomic E-state index is 0.211. The SMILES string of the molecule is CC1C(C#N)=CNc2ccccc21. The van der Waals surface area contributed by atoms with Crippen molar-refractivity contribution in [1.82, 2.24) is 0 Å². The molecule has 1 aliphatic rings. The van der Waals surface area contributed by atoms with E-state index in [1.54, 1.807) is 6.20 Å². The minimum Gasteiger partial charge on any atom is -0.360 e. The van der Waals surface area contributed by atoms with Gasteiger partial charge in [0, 0.05) is 17.8 Å². The van der Waals surface area contributed by atoms with Gasteiger partial charge in [0.2, 0.25) is 0 Å². The number of fused-ring (bicyclic) bond motifs is 1. The molecule has 2 rings (SSSR count). The van der Waals surface area contributed by atoms with E-state index in [9.17, 15) is 0 Å².